The summed E-state index contributed by atoms with van der Waals surface area (Å²) in [7, 11) is 0. The molecule has 0 radical (unpaired) electrons. The first-order valence-corrected chi connectivity index (χ1v) is 5.28. The van der Waals surface area contributed by atoms with Gasteiger partial charge in [-0.05, 0) is 43.5 Å². The average Bonchev–Trinajstić information content (AvgIpc) is 2.25. The summed E-state index contributed by atoms with van der Waals surface area (Å²) in [6.45, 7) is 1.98. The first-order valence-electron chi connectivity index (χ1n) is 5.28. The molecule has 5 nitrogen and oxygen atoms in total. The number of aryl methyl sites for hydroxylation is 1. The van der Waals surface area contributed by atoms with E-state index in [4.69, 9.17) is 15.9 Å². The predicted octanol–water partition coefficient (Wildman–Crippen LogP) is 1.28. The zero-order valence-electron chi connectivity index (χ0n) is 9.56. The van der Waals surface area contributed by atoms with Crippen molar-refractivity contribution in [1.29, 1.82) is 0 Å². The topological polar surface area (TPSA) is 101 Å². The fourth-order valence-corrected chi connectivity index (χ4v) is 1.80. The van der Waals surface area contributed by atoms with Crippen molar-refractivity contribution < 1.29 is 19.8 Å². The summed E-state index contributed by atoms with van der Waals surface area (Å²) in [6.07, 6.45) is 1.21. The van der Waals surface area contributed by atoms with Crippen LogP contribution < -0.4 is 5.73 Å². The van der Waals surface area contributed by atoms with E-state index in [0.29, 0.717) is 30.5 Å². The average molecular weight is 237 g/mol. The lowest BCUT2D eigenvalue weighted by atomic mass is 9.94. The van der Waals surface area contributed by atoms with E-state index in [1.165, 1.54) is 13.0 Å². The number of rotatable bonds is 5. The SMILES string of the molecule is Cc1c(C(=O)O)ccc(CCCN)c1C(=O)O. The maximum Gasteiger partial charge on any atom is 0.336 e. The van der Waals surface area contributed by atoms with E-state index < -0.39 is 11.9 Å². The van der Waals surface area contributed by atoms with Crippen LogP contribution in [-0.4, -0.2) is 28.7 Å². The van der Waals surface area contributed by atoms with Crippen molar-refractivity contribution in [3.05, 3.63) is 34.4 Å². The summed E-state index contributed by atoms with van der Waals surface area (Å²) in [5.41, 5.74) is 6.41. The Labute approximate surface area is 98.9 Å². The van der Waals surface area contributed by atoms with Gasteiger partial charge in [0.1, 0.15) is 0 Å². The molecule has 1 rings (SSSR count). The molecule has 0 heterocycles. The summed E-state index contributed by atoms with van der Waals surface area (Å²) in [5, 5.41) is 18.1. The Kier molecular flexibility index (Phi) is 4.23. The Balaban J connectivity index is 3.29. The van der Waals surface area contributed by atoms with Crippen molar-refractivity contribution in [2.45, 2.75) is 19.8 Å². The quantitative estimate of drug-likeness (QED) is 0.716. The number of carbonyl (C=O) groups is 2. The van der Waals surface area contributed by atoms with Gasteiger partial charge in [-0.2, -0.15) is 0 Å². The molecule has 5 heteroatoms. The molecule has 0 fully saturated rings. The van der Waals surface area contributed by atoms with E-state index in [-0.39, 0.29) is 11.1 Å². The second-order valence-electron chi connectivity index (χ2n) is 3.77. The van der Waals surface area contributed by atoms with Gasteiger partial charge in [-0.1, -0.05) is 6.07 Å². The Morgan fingerprint density at radius 1 is 1.24 bits per heavy atom. The predicted molar refractivity (Wildman–Crippen MR) is 62.5 cm³/mol. The minimum atomic E-state index is -1.12. The van der Waals surface area contributed by atoms with E-state index in [1.807, 2.05) is 0 Å². The third-order valence-electron chi connectivity index (χ3n) is 2.65. The maximum atomic E-state index is 11.2. The third kappa shape index (κ3) is 2.82. The molecule has 4 N–H and O–H groups in total. The maximum absolute atomic E-state index is 11.2. The van der Waals surface area contributed by atoms with Gasteiger partial charge in [0.2, 0.25) is 0 Å². The highest BCUT2D eigenvalue weighted by molar-refractivity contribution is 5.97. The molecule has 1 aromatic rings. The Hall–Kier alpha value is -1.88. The van der Waals surface area contributed by atoms with Crippen LogP contribution >= 0.6 is 0 Å². The molecule has 0 bridgehead atoms. The Morgan fingerprint density at radius 3 is 2.35 bits per heavy atom. The molecule has 0 saturated carbocycles. The molecule has 0 aliphatic rings. The normalized spacial score (nSPS) is 10.2. The van der Waals surface area contributed by atoms with Gasteiger partial charge in [-0.25, -0.2) is 9.59 Å². The molecule has 0 aliphatic heterocycles. The van der Waals surface area contributed by atoms with E-state index in [9.17, 15) is 9.59 Å². The van der Waals surface area contributed by atoms with Crippen LogP contribution in [0.1, 0.15) is 38.3 Å². The number of benzene rings is 1. The molecule has 0 aromatic heterocycles. The number of hydrogen-bond donors (Lipinski definition) is 3. The minimum Gasteiger partial charge on any atom is -0.478 e. The molecule has 0 amide bonds. The minimum absolute atomic E-state index is 0.0268. The van der Waals surface area contributed by atoms with Gasteiger partial charge in [0.05, 0.1) is 11.1 Å². The first-order chi connectivity index (χ1) is 7.99. The largest absolute Gasteiger partial charge is 0.478 e. The summed E-state index contributed by atoms with van der Waals surface area (Å²) < 4.78 is 0. The van der Waals surface area contributed by atoms with Crippen LogP contribution in [0.5, 0.6) is 0 Å². The fourth-order valence-electron chi connectivity index (χ4n) is 1.80. The van der Waals surface area contributed by atoms with Crippen LogP contribution in [0.4, 0.5) is 0 Å². The lowest BCUT2D eigenvalue weighted by Gasteiger charge is -2.11. The van der Waals surface area contributed by atoms with Crippen LogP contribution in [0.3, 0.4) is 0 Å². The summed E-state index contributed by atoms with van der Waals surface area (Å²) in [4.78, 5) is 22.1. The number of aromatic carboxylic acids is 2. The van der Waals surface area contributed by atoms with Gasteiger partial charge in [0.15, 0.2) is 0 Å². The van der Waals surface area contributed by atoms with Crippen LogP contribution in [0.2, 0.25) is 0 Å². The zero-order valence-corrected chi connectivity index (χ0v) is 9.56. The van der Waals surface area contributed by atoms with Gasteiger partial charge < -0.3 is 15.9 Å². The van der Waals surface area contributed by atoms with Crippen molar-refractivity contribution in [3.8, 4) is 0 Å². The zero-order chi connectivity index (χ0) is 13.0. The molecule has 0 atom stereocenters. The standard InChI is InChI=1S/C12H15NO4/c1-7-9(11(14)15)5-4-8(3-2-6-13)10(7)12(16)17/h4-5H,2-3,6,13H2,1H3,(H,14,15)(H,16,17). The molecular weight excluding hydrogens is 222 g/mol. The monoisotopic (exact) mass is 237 g/mol. The lowest BCUT2D eigenvalue weighted by molar-refractivity contribution is 0.0695. The highest BCUT2D eigenvalue weighted by Crippen LogP contribution is 2.20. The number of carboxylic acid groups (broad SMARTS) is 2. The second kappa shape index (κ2) is 5.45. The van der Waals surface area contributed by atoms with Gasteiger partial charge in [-0.15, -0.1) is 0 Å². The Morgan fingerprint density at radius 2 is 1.88 bits per heavy atom. The first kappa shape index (κ1) is 13.2. The molecule has 17 heavy (non-hydrogen) atoms. The van der Waals surface area contributed by atoms with Crippen molar-refractivity contribution in [2.24, 2.45) is 5.73 Å². The van der Waals surface area contributed by atoms with E-state index in [0.717, 1.165) is 0 Å². The molecule has 0 unspecified atom stereocenters. The van der Waals surface area contributed by atoms with Crippen LogP contribution in [0.25, 0.3) is 0 Å². The van der Waals surface area contributed by atoms with Crippen molar-refractivity contribution in [2.75, 3.05) is 6.54 Å². The number of carboxylic acids is 2. The molecule has 0 saturated heterocycles. The second-order valence-corrected chi connectivity index (χ2v) is 3.77. The summed E-state index contributed by atoms with van der Waals surface area (Å²) in [5.74, 6) is -2.21. The highest BCUT2D eigenvalue weighted by atomic mass is 16.4. The van der Waals surface area contributed by atoms with Crippen molar-refractivity contribution in [1.82, 2.24) is 0 Å². The smallest absolute Gasteiger partial charge is 0.336 e. The Bertz CT molecular complexity index is 454. The van der Waals surface area contributed by atoms with Crippen molar-refractivity contribution >= 4 is 11.9 Å². The van der Waals surface area contributed by atoms with Gasteiger partial charge >= 0.3 is 11.9 Å². The molecule has 0 spiro atoms. The van der Waals surface area contributed by atoms with Gasteiger partial charge in [0.25, 0.3) is 0 Å². The molecule has 0 aliphatic carbocycles. The number of nitrogens with two attached hydrogens (primary N) is 1. The van der Waals surface area contributed by atoms with E-state index in [1.54, 1.807) is 6.07 Å². The van der Waals surface area contributed by atoms with E-state index in [2.05, 4.69) is 0 Å². The van der Waals surface area contributed by atoms with Gasteiger partial charge in [-0.3, -0.25) is 0 Å². The molecular formula is C12H15NO4. The number of hydrogen-bond acceptors (Lipinski definition) is 3. The summed E-state index contributed by atoms with van der Waals surface area (Å²) >= 11 is 0. The fraction of sp³-hybridized carbons (Fsp3) is 0.333. The third-order valence-corrected chi connectivity index (χ3v) is 2.65. The van der Waals surface area contributed by atoms with E-state index >= 15 is 0 Å². The summed E-state index contributed by atoms with van der Waals surface area (Å²) in [6, 6.07) is 2.99. The van der Waals surface area contributed by atoms with Crippen molar-refractivity contribution in [3.63, 3.8) is 0 Å². The van der Waals surface area contributed by atoms with Gasteiger partial charge in [0, 0.05) is 0 Å². The lowest BCUT2D eigenvalue weighted by Crippen LogP contribution is -2.11. The molecule has 1 aromatic carbocycles. The van der Waals surface area contributed by atoms with Crippen LogP contribution in [-0.2, 0) is 6.42 Å². The van der Waals surface area contributed by atoms with Crippen LogP contribution in [0, 0.1) is 6.92 Å². The highest BCUT2D eigenvalue weighted by Gasteiger charge is 2.18. The molecule has 92 valence electrons. The van der Waals surface area contributed by atoms with Crippen LogP contribution in [0.15, 0.2) is 12.1 Å².